The predicted octanol–water partition coefficient (Wildman–Crippen LogP) is 3.34. The number of benzene rings is 1. The van der Waals surface area contributed by atoms with Gasteiger partial charge in [-0.2, -0.15) is 0 Å². The molecule has 100 valence electrons. The number of rotatable bonds is 3. The largest absolute Gasteiger partial charge is 0.388 e. The first kappa shape index (κ1) is 13.5. The summed E-state index contributed by atoms with van der Waals surface area (Å²) < 4.78 is 40.0. The first-order valence-electron chi connectivity index (χ1n) is 5.73. The SMILES string of the molecule is CC(c1ccncc1)C(O)c1c(F)cc(F)cc1F. The third kappa shape index (κ3) is 2.76. The van der Waals surface area contributed by atoms with Crippen LogP contribution in [-0.4, -0.2) is 10.1 Å². The monoisotopic (exact) mass is 267 g/mol. The molecule has 0 saturated carbocycles. The van der Waals surface area contributed by atoms with Gasteiger partial charge in [0.2, 0.25) is 0 Å². The molecule has 0 bridgehead atoms. The van der Waals surface area contributed by atoms with E-state index in [9.17, 15) is 18.3 Å². The molecule has 19 heavy (non-hydrogen) atoms. The van der Waals surface area contributed by atoms with Crippen LogP contribution in [0.15, 0.2) is 36.7 Å². The maximum Gasteiger partial charge on any atom is 0.134 e. The summed E-state index contributed by atoms with van der Waals surface area (Å²) in [7, 11) is 0. The van der Waals surface area contributed by atoms with E-state index in [0.29, 0.717) is 17.7 Å². The summed E-state index contributed by atoms with van der Waals surface area (Å²) in [6, 6.07) is 4.41. The molecule has 0 radical (unpaired) electrons. The zero-order valence-electron chi connectivity index (χ0n) is 10.1. The van der Waals surface area contributed by atoms with Gasteiger partial charge in [-0.05, 0) is 17.7 Å². The Kier molecular flexibility index (Phi) is 3.85. The fourth-order valence-electron chi connectivity index (χ4n) is 1.94. The third-order valence-corrected chi connectivity index (χ3v) is 3.05. The van der Waals surface area contributed by atoms with Gasteiger partial charge >= 0.3 is 0 Å². The highest BCUT2D eigenvalue weighted by Crippen LogP contribution is 2.33. The molecular weight excluding hydrogens is 255 g/mol. The van der Waals surface area contributed by atoms with Crippen LogP contribution in [0.3, 0.4) is 0 Å². The normalized spacial score (nSPS) is 14.2. The third-order valence-electron chi connectivity index (χ3n) is 3.05. The van der Waals surface area contributed by atoms with Crippen LogP contribution in [-0.2, 0) is 0 Å². The Hall–Kier alpha value is -1.88. The molecule has 0 amide bonds. The van der Waals surface area contributed by atoms with Crippen molar-refractivity contribution in [3.63, 3.8) is 0 Å². The highest BCUT2D eigenvalue weighted by Gasteiger charge is 2.25. The number of hydrogen-bond donors (Lipinski definition) is 1. The second kappa shape index (κ2) is 5.40. The minimum absolute atomic E-state index is 0.522. The summed E-state index contributed by atoms with van der Waals surface area (Å²) in [6.45, 7) is 1.63. The second-order valence-corrected chi connectivity index (χ2v) is 4.30. The van der Waals surface area contributed by atoms with Gasteiger partial charge in [0.25, 0.3) is 0 Å². The topological polar surface area (TPSA) is 33.1 Å². The summed E-state index contributed by atoms with van der Waals surface area (Å²) in [5, 5.41) is 10.1. The Morgan fingerprint density at radius 3 is 2.11 bits per heavy atom. The number of nitrogens with zero attached hydrogens (tertiary/aromatic N) is 1. The minimum atomic E-state index is -1.40. The number of hydrogen-bond acceptors (Lipinski definition) is 2. The molecule has 2 aromatic rings. The van der Waals surface area contributed by atoms with Crippen molar-refractivity contribution in [3.05, 3.63) is 65.2 Å². The molecule has 2 rings (SSSR count). The Bertz CT molecular complexity index is 551. The van der Waals surface area contributed by atoms with Gasteiger partial charge in [-0.25, -0.2) is 13.2 Å². The van der Waals surface area contributed by atoms with Crippen LogP contribution < -0.4 is 0 Å². The molecule has 1 aromatic carbocycles. The van der Waals surface area contributed by atoms with Crippen LogP contribution in [0.25, 0.3) is 0 Å². The van der Waals surface area contributed by atoms with Crippen LogP contribution in [0.1, 0.15) is 30.1 Å². The van der Waals surface area contributed by atoms with Crippen molar-refractivity contribution < 1.29 is 18.3 Å². The molecule has 0 aliphatic carbocycles. The minimum Gasteiger partial charge on any atom is -0.388 e. The maximum absolute atomic E-state index is 13.6. The lowest BCUT2D eigenvalue weighted by Crippen LogP contribution is -2.12. The number of aliphatic hydroxyl groups excluding tert-OH is 1. The van der Waals surface area contributed by atoms with Gasteiger partial charge < -0.3 is 5.11 Å². The standard InChI is InChI=1S/C14H12F3NO/c1-8(9-2-4-18-5-3-9)14(19)13-11(16)6-10(15)7-12(13)17/h2-8,14,19H,1H3. The highest BCUT2D eigenvalue weighted by molar-refractivity contribution is 5.27. The van der Waals surface area contributed by atoms with Gasteiger partial charge in [0.05, 0.1) is 11.7 Å². The van der Waals surface area contributed by atoms with Gasteiger partial charge in [-0.3, -0.25) is 4.98 Å². The van der Waals surface area contributed by atoms with Crippen LogP contribution in [0, 0.1) is 17.5 Å². The van der Waals surface area contributed by atoms with E-state index in [2.05, 4.69) is 4.98 Å². The zero-order chi connectivity index (χ0) is 14.0. The van der Waals surface area contributed by atoms with Gasteiger partial charge in [0.1, 0.15) is 17.5 Å². The molecule has 0 aliphatic rings. The van der Waals surface area contributed by atoms with Crippen molar-refractivity contribution in [2.45, 2.75) is 18.9 Å². The van der Waals surface area contributed by atoms with Crippen LogP contribution in [0.2, 0.25) is 0 Å². The lowest BCUT2D eigenvalue weighted by atomic mass is 9.91. The van der Waals surface area contributed by atoms with Crippen molar-refractivity contribution in [2.24, 2.45) is 0 Å². The maximum atomic E-state index is 13.6. The van der Waals surface area contributed by atoms with Crippen molar-refractivity contribution in [1.29, 1.82) is 0 Å². The summed E-state index contributed by atoms with van der Waals surface area (Å²) >= 11 is 0. The van der Waals surface area contributed by atoms with E-state index in [1.807, 2.05) is 0 Å². The van der Waals surface area contributed by atoms with Gasteiger partial charge in [0, 0.05) is 30.4 Å². The average molecular weight is 267 g/mol. The zero-order valence-corrected chi connectivity index (χ0v) is 10.1. The molecule has 0 saturated heterocycles. The van der Waals surface area contributed by atoms with E-state index in [0.717, 1.165) is 0 Å². The van der Waals surface area contributed by atoms with Crippen molar-refractivity contribution in [1.82, 2.24) is 4.98 Å². The van der Waals surface area contributed by atoms with Gasteiger partial charge in [-0.1, -0.05) is 6.92 Å². The smallest absolute Gasteiger partial charge is 0.134 e. The Morgan fingerprint density at radius 2 is 1.58 bits per heavy atom. The molecule has 0 aliphatic heterocycles. The molecule has 2 unspecified atom stereocenters. The molecular formula is C14H12F3NO. The fourth-order valence-corrected chi connectivity index (χ4v) is 1.94. The highest BCUT2D eigenvalue weighted by atomic mass is 19.1. The van der Waals surface area contributed by atoms with Gasteiger partial charge in [-0.15, -0.1) is 0 Å². The summed E-state index contributed by atoms with van der Waals surface area (Å²) in [5.41, 5.74) is 0.163. The molecule has 1 aromatic heterocycles. The molecule has 2 atom stereocenters. The van der Waals surface area contributed by atoms with E-state index in [4.69, 9.17) is 0 Å². The first-order chi connectivity index (χ1) is 9.00. The number of aromatic nitrogens is 1. The predicted molar refractivity (Wildman–Crippen MR) is 63.9 cm³/mol. The van der Waals surface area contributed by atoms with Crippen LogP contribution in [0.4, 0.5) is 13.2 Å². The average Bonchev–Trinajstić information content (AvgIpc) is 2.37. The quantitative estimate of drug-likeness (QED) is 0.925. The van der Waals surface area contributed by atoms with Gasteiger partial charge in [0.15, 0.2) is 0 Å². The second-order valence-electron chi connectivity index (χ2n) is 4.30. The summed E-state index contributed by atoms with van der Waals surface area (Å²) in [5.74, 6) is -3.74. The summed E-state index contributed by atoms with van der Waals surface area (Å²) in [6.07, 6.45) is 1.65. The molecule has 5 heteroatoms. The number of halogens is 3. The molecule has 1 heterocycles. The Balaban J connectivity index is 2.37. The fraction of sp³-hybridized carbons (Fsp3) is 0.214. The molecule has 0 fully saturated rings. The van der Waals surface area contributed by atoms with Crippen LogP contribution >= 0.6 is 0 Å². The Morgan fingerprint density at radius 1 is 1.05 bits per heavy atom. The lowest BCUT2D eigenvalue weighted by molar-refractivity contribution is 0.142. The number of pyridine rings is 1. The summed E-state index contributed by atoms with van der Waals surface area (Å²) in [4.78, 5) is 3.83. The van der Waals surface area contributed by atoms with E-state index >= 15 is 0 Å². The van der Waals surface area contributed by atoms with Crippen LogP contribution in [0.5, 0.6) is 0 Å². The van der Waals surface area contributed by atoms with Crippen molar-refractivity contribution in [2.75, 3.05) is 0 Å². The first-order valence-corrected chi connectivity index (χ1v) is 5.73. The lowest BCUT2D eigenvalue weighted by Gasteiger charge is -2.20. The van der Waals surface area contributed by atoms with Crippen molar-refractivity contribution in [3.8, 4) is 0 Å². The van der Waals surface area contributed by atoms with E-state index in [1.54, 1.807) is 19.1 Å². The van der Waals surface area contributed by atoms with E-state index < -0.39 is 35.0 Å². The van der Waals surface area contributed by atoms with Crippen molar-refractivity contribution >= 4 is 0 Å². The molecule has 1 N–H and O–H groups in total. The van der Waals surface area contributed by atoms with E-state index in [-0.39, 0.29) is 0 Å². The van der Waals surface area contributed by atoms with E-state index in [1.165, 1.54) is 12.4 Å². The molecule has 0 spiro atoms. The Labute approximate surface area is 108 Å². The molecule has 2 nitrogen and oxygen atoms in total. The number of aliphatic hydroxyl groups is 1.